The predicted octanol–water partition coefficient (Wildman–Crippen LogP) is 2.85. The number of nitrogens with zero attached hydrogens (tertiary/aromatic N) is 2. The van der Waals surface area contributed by atoms with Crippen LogP contribution in [0.1, 0.15) is 24.2 Å². The molecule has 1 heterocycles. The first-order valence-electron chi connectivity index (χ1n) is 5.35. The van der Waals surface area contributed by atoms with E-state index < -0.39 is 0 Å². The van der Waals surface area contributed by atoms with Gasteiger partial charge in [0.25, 0.3) is 0 Å². The first-order chi connectivity index (χ1) is 8.13. The zero-order valence-corrected chi connectivity index (χ0v) is 11.0. The molecular formula is C12H13BrFN3. The lowest BCUT2D eigenvalue weighted by Crippen LogP contribution is -2.17. The fourth-order valence-corrected chi connectivity index (χ4v) is 2.38. The quantitative estimate of drug-likeness (QED) is 0.947. The lowest BCUT2D eigenvalue weighted by atomic mass is 10.0. The highest BCUT2D eigenvalue weighted by Crippen LogP contribution is 2.27. The van der Waals surface area contributed by atoms with Gasteiger partial charge in [0.1, 0.15) is 5.82 Å². The highest BCUT2D eigenvalue weighted by molar-refractivity contribution is 9.10. The Morgan fingerprint density at radius 2 is 2.24 bits per heavy atom. The van der Waals surface area contributed by atoms with Gasteiger partial charge in [-0.3, -0.25) is 4.68 Å². The Balaban J connectivity index is 2.40. The normalized spacial score (nSPS) is 12.7. The van der Waals surface area contributed by atoms with Crippen molar-refractivity contribution in [3.05, 3.63) is 52.0 Å². The number of halogens is 2. The third-order valence-corrected chi connectivity index (χ3v) is 3.35. The van der Waals surface area contributed by atoms with Crippen LogP contribution in [0.4, 0.5) is 4.39 Å². The lowest BCUT2D eigenvalue weighted by molar-refractivity contribution is 0.597. The van der Waals surface area contributed by atoms with Crippen molar-refractivity contribution in [3.63, 3.8) is 0 Å². The second kappa shape index (κ2) is 4.98. The number of aryl methyl sites for hydroxylation is 1. The van der Waals surface area contributed by atoms with Crippen LogP contribution in [0.5, 0.6) is 0 Å². The van der Waals surface area contributed by atoms with Gasteiger partial charge in [0.05, 0.1) is 11.7 Å². The van der Waals surface area contributed by atoms with Crippen LogP contribution in [0.3, 0.4) is 0 Å². The largest absolute Gasteiger partial charge is 0.319 e. The highest BCUT2D eigenvalue weighted by Gasteiger charge is 2.16. The Hall–Kier alpha value is -1.20. The zero-order chi connectivity index (χ0) is 12.4. The average molecular weight is 298 g/mol. The Bertz CT molecular complexity index is 524. The molecule has 5 heteroatoms. The van der Waals surface area contributed by atoms with Crippen molar-refractivity contribution in [2.75, 3.05) is 0 Å². The van der Waals surface area contributed by atoms with Crippen molar-refractivity contribution < 1.29 is 4.39 Å². The summed E-state index contributed by atoms with van der Waals surface area (Å²) in [5.41, 5.74) is 7.94. The smallest absolute Gasteiger partial charge is 0.124 e. The Morgan fingerprint density at radius 3 is 2.88 bits per heavy atom. The molecule has 90 valence electrons. The number of aromatic nitrogens is 2. The summed E-state index contributed by atoms with van der Waals surface area (Å²) in [5, 5.41) is 4.18. The second-order valence-corrected chi connectivity index (χ2v) is 4.57. The minimum atomic E-state index is -0.313. The van der Waals surface area contributed by atoms with E-state index in [1.165, 1.54) is 12.1 Å². The maximum absolute atomic E-state index is 13.0. The third-order valence-electron chi connectivity index (χ3n) is 2.67. The summed E-state index contributed by atoms with van der Waals surface area (Å²) in [6.45, 7) is 2.76. The standard InChI is InChI=1S/C12H13BrFN3/c1-2-17-11(5-6-16-17)12(15)9-4-3-8(14)7-10(9)13/h3-7,12H,2,15H2,1H3. The molecule has 0 aliphatic carbocycles. The maximum Gasteiger partial charge on any atom is 0.124 e. The van der Waals surface area contributed by atoms with Crippen molar-refractivity contribution in [1.29, 1.82) is 0 Å². The number of benzene rings is 1. The fraction of sp³-hybridized carbons (Fsp3) is 0.250. The van der Waals surface area contributed by atoms with Gasteiger partial charge in [-0.15, -0.1) is 0 Å². The topological polar surface area (TPSA) is 43.8 Å². The summed E-state index contributed by atoms with van der Waals surface area (Å²) in [6.07, 6.45) is 1.72. The number of hydrogen-bond donors (Lipinski definition) is 1. The molecule has 2 rings (SSSR count). The van der Waals surface area contributed by atoms with E-state index in [2.05, 4.69) is 21.0 Å². The molecule has 0 bridgehead atoms. The molecule has 1 aromatic heterocycles. The average Bonchev–Trinajstić information content (AvgIpc) is 2.76. The molecule has 0 fully saturated rings. The van der Waals surface area contributed by atoms with Crippen molar-refractivity contribution in [1.82, 2.24) is 9.78 Å². The molecule has 17 heavy (non-hydrogen) atoms. The SMILES string of the molecule is CCn1nccc1C(N)c1ccc(F)cc1Br. The van der Waals surface area contributed by atoms with Gasteiger partial charge in [0, 0.05) is 17.2 Å². The molecule has 0 radical (unpaired) electrons. The van der Waals surface area contributed by atoms with E-state index in [9.17, 15) is 4.39 Å². The predicted molar refractivity (Wildman–Crippen MR) is 68.0 cm³/mol. The van der Waals surface area contributed by atoms with Gasteiger partial charge in [-0.1, -0.05) is 22.0 Å². The molecule has 3 nitrogen and oxygen atoms in total. The zero-order valence-electron chi connectivity index (χ0n) is 9.40. The van der Waals surface area contributed by atoms with E-state index in [-0.39, 0.29) is 11.9 Å². The summed E-state index contributed by atoms with van der Waals surface area (Å²) >= 11 is 3.33. The van der Waals surface area contributed by atoms with Crippen LogP contribution in [0.15, 0.2) is 34.9 Å². The molecule has 2 aromatic rings. The molecule has 0 amide bonds. The van der Waals surface area contributed by atoms with Crippen LogP contribution in [0.25, 0.3) is 0 Å². The summed E-state index contributed by atoms with van der Waals surface area (Å²) < 4.78 is 15.5. The second-order valence-electron chi connectivity index (χ2n) is 3.72. The monoisotopic (exact) mass is 297 g/mol. The van der Waals surface area contributed by atoms with Gasteiger partial charge >= 0.3 is 0 Å². The van der Waals surface area contributed by atoms with Gasteiger partial charge < -0.3 is 5.73 Å². The molecule has 0 aliphatic heterocycles. The summed E-state index contributed by atoms with van der Waals surface area (Å²) in [6, 6.07) is 6.09. The fourth-order valence-electron chi connectivity index (χ4n) is 1.78. The number of hydrogen-bond acceptors (Lipinski definition) is 2. The Morgan fingerprint density at radius 1 is 1.47 bits per heavy atom. The van der Waals surface area contributed by atoms with Crippen molar-refractivity contribution in [2.24, 2.45) is 5.73 Å². The van der Waals surface area contributed by atoms with Gasteiger partial charge in [-0.25, -0.2) is 4.39 Å². The van der Waals surface area contributed by atoms with E-state index in [1.807, 2.05) is 17.7 Å². The van der Waals surface area contributed by atoms with Gasteiger partial charge in [0.15, 0.2) is 0 Å². The molecule has 0 saturated heterocycles. The molecular weight excluding hydrogens is 285 g/mol. The van der Waals surface area contributed by atoms with E-state index in [1.54, 1.807) is 12.3 Å². The van der Waals surface area contributed by atoms with Crippen molar-refractivity contribution in [2.45, 2.75) is 19.5 Å². The van der Waals surface area contributed by atoms with Crippen LogP contribution < -0.4 is 5.73 Å². The van der Waals surface area contributed by atoms with E-state index in [0.29, 0.717) is 4.47 Å². The van der Waals surface area contributed by atoms with Crippen LogP contribution in [0, 0.1) is 5.82 Å². The minimum Gasteiger partial charge on any atom is -0.319 e. The van der Waals surface area contributed by atoms with E-state index >= 15 is 0 Å². The highest BCUT2D eigenvalue weighted by atomic mass is 79.9. The number of nitrogens with two attached hydrogens (primary N) is 1. The summed E-state index contributed by atoms with van der Waals surface area (Å²) in [4.78, 5) is 0. The number of rotatable bonds is 3. The van der Waals surface area contributed by atoms with E-state index in [0.717, 1.165) is 17.8 Å². The first-order valence-corrected chi connectivity index (χ1v) is 6.15. The lowest BCUT2D eigenvalue weighted by Gasteiger charge is -2.15. The van der Waals surface area contributed by atoms with Crippen LogP contribution in [-0.4, -0.2) is 9.78 Å². The van der Waals surface area contributed by atoms with Gasteiger partial charge in [-0.05, 0) is 30.7 Å². The summed E-state index contributed by atoms with van der Waals surface area (Å²) in [5.74, 6) is -0.281. The van der Waals surface area contributed by atoms with Crippen LogP contribution >= 0.6 is 15.9 Å². The molecule has 0 spiro atoms. The Labute approximate surface area is 108 Å². The molecule has 2 N–H and O–H groups in total. The van der Waals surface area contributed by atoms with Gasteiger partial charge in [0.2, 0.25) is 0 Å². The third kappa shape index (κ3) is 2.40. The maximum atomic E-state index is 13.0. The van der Waals surface area contributed by atoms with Crippen molar-refractivity contribution in [3.8, 4) is 0 Å². The first kappa shape index (κ1) is 12.3. The van der Waals surface area contributed by atoms with Crippen LogP contribution in [-0.2, 0) is 6.54 Å². The van der Waals surface area contributed by atoms with Crippen molar-refractivity contribution >= 4 is 15.9 Å². The molecule has 1 aromatic carbocycles. The Kier molecular flexibility index (Phi) is 3.59. The van der Waals surface area contributed by atoms with Gasteiger partial charge in [-0.2, -0.15) is 5.10 Å². The summed E-state index contributed by atoms with van der Waals surface area (Å²) in [7, 11) is 0. The molecule has 1 unspecified atom stereocenters. The molecule has 0 aliphatic rings. The van der Waals surface area contributed by atoms with E-state index in [4.69, 9.17) is 5.73 Å². The minimum absolute atomic E-state index is 0.281. The van der Waals surface area contributed by atoms with Crippen LogP contribution in [0.2, 0.25) is 0 Å². The molecule has 1 atom stereocenters. The molecule has 0 saturated carbocycles.